The standard InChI is InChI=1S/C31H35N5O/c1-23(24-8-3-2-4-9-24)33-31(37)36-26(15-14-25-10-5-6-12-29(25)36)22-34-18-20-35(21-19-34)30-13-7-11-28-27(30)16-17-32-28/h2-13,16-17,23,26,32H,14-15,18-22H2,1H3,(H,33,37)/t23-,26?/m1/s1. The number of hydrogen-bond acceptors (Lipinski definition) is 3. The second kappa shape index (κ2) is 10.3. The van der Waals surface area contributed by atoms with E-state index in [0.29, 0.717) is 0 Å². The summed E-state index contributed by atoms with van der Waals surface area (Å²) in [6.07, 6.45) is 4.00. The van der Waals surface area contributed by atoms with Crippen LogP contribution in [0.3, 0.4) is 0 Å². The number of para-hydroxylation sites is 1. The minimum atomic E-state index is -0.0527. The number of rotatable bonds is 5. The molecule has 1 saturated heterocycles. The van der Waals surface area contributed by atoms with Gasteiger partial charge in [0.25, 0.3) is 0 Å². The molecule has 2 N–H and O–H groups in total. The first-order chi connectivity index (χ1) is 18.2. The molecule has 6 heteroatoms. The Morgan fingerprint density at radius 1 is 0.919 bits per heavy atom. The second-order valence-corrected chi connectivity index (χ2v) is 10.3. The molecular formula is C31H35N5O. The van der Waals surface area contributed by atoms with E-state index in [4.69, 9.17) is 0 Å². The van der Waals surface area contributed by atoms with Crippen LogP contribution in [0.25, 0.3) is 10.9 Å². The summed E-state index contributed by atoms with van der Waals surface area (Å²) >= 11 is 0. The van der Waals surface area contributed by atoms with Crippen LogP contribution in [0.5, 0.6) is 0 Å². The van der Waals surface area contributed by atoms with Crippen molar-refractivity contribution in [3.63, 3.8) is 0 Å². The molecule has 3 aromatic carbocycles. The molecule has 0 radical (unpaired) electrons. The molecule has 0 spiro atoms. The number of hydrogen-bond donors (Lipinski definition) is 2. The maximum atomic E-state index is 13.7. The molecule has 0 aliphatic carbocycles. The zero-order valence-corrected chi connectivity index (χ0v) is 21.4. The van der Waals surface area contributed by atoms with Crippen LogP contribution in [0.4, 0.5) is 16.2 Å². The molecule has 2 amide bonds. The van der Waals surface area contributed by atoms with Crippen LogP contribution < -0.4 is 15.1 Å². The molecule has 3 heterocycles. The topological polar surface area (TPSA) is 54.6 Å². The van der Waals surface area contributed by atoms with Gasteiger partial charge in [-0.25, -0.2) is 4.79 Å². The monoisotopic (exact) mass is 493 g/mol. The number of piperazine rings is 1. The molecule has 1 fully saturated rings. The lowest BCUT2D eigenvalue weighted by molar-refractivity contribution is 0.219. The van der Waals surface area contributed by atoms with E-state index in [0.717, 1.165) is 56.8 Å². The van der Waals surface area contributed by atoms with E-state index in [1.807, 2.05) is 35.4 Å². The Balaban J connectivity index is 1.16. The lowest BCUT2D eigenvalue weighted by Crippen LogP contribution is -2.56. The number of amides is 2. The maximum absolute atomic E-state index is 13.7. The van der Waals surface area contributed by atoms with Gasteiger partial charge in [-0.05, 0) is 55.2 Å². The van der Waals surface area contributed by atoms with Gasteiger partial charge in [0.05, 0.1) is 12.1 Å². The lowest BCUT2D eigenvalue weighted by atomic mass is 9.95. The van der Waals surface area contributed by atoms with Crippen LogP contribution in [-0.4, -0.2) is 54.7 Å². The van der Waals surface area contributed by atoms with Crippen molar-refractivity contribution >= 4 is 28.3 Å². The SMILES string of the molecule is C[C@@H](NC(=O)N1c2ccccc2CCC1CN1CCN(c2cccc3[nH]ccc23)CC1)c1ccccc1. The predicted octanol–water partition coefficient (Wildman–Crippen LogP) is 5.58. The number of benzene rings is 3. The highest BCUT2D eigenvalue weighted by atomic mass is 16.2. The summed E-state index contributed by atoms with van der Waals surface area (Å²) in [5, 5.41) is 4.56. The molecule has 37 heavy (non-hydrogen) atoms. The van der Waals surface area contributed by atoms with Gasteiger partial charge in [-0.2, -0.15) is 0 Å². The Kier molecular flexibility index (Phi) is 6.58. The number of anilines is 2. The highest BCUT2D eigenvalue weighted by molar-refractivity contribution is 5.94. The molecule has 4 aromatic rings. The highest BCUT2D eigenvalue weighted by Crippen LogP contribution is 2.32. The van der Waals surface area contributed by atoms with Gasteiger partial charge in [0, 0.05) is 61.2 Å². The Morgan fingerprint density at radius 3 is 2.51 bits per heavy atom. The lowest BCUT2D eigenvalue weighted by Gasteiger charge is -2.42. The summed E-state index contributed by atoms with van der Waals surface area (Å²) in [6, 6.07) is 27.3. The van der Waals surface area contributed by atoms with Gasteiger partial charge in [0.2, 0.25) is 0 Å². The number of aryl methyl sites for hydroxylation is 1. The zero-order chi connectivity index (χ0) is 25.2. The highest BCUT2D eigenvalue weighted by Gasteiger charge is 2.33. The van der Waals surface area contributed by atoms with Crippen molar-refractivity contribution in [3.8, 4) is 0 Å². The third kappa shape index (κ3) is 4.81. The summed E-state index contributed by atoms with van der Waals surface area (Å²) in [7, 11) is 0. The Bertz CT molecular complexity index is 1360. The Morgan fingerprint density at radius 2 is 1.68 bits per heavy atom. The van der Waals surface area contributed by atoms with E-state index in [9.17, 15) is 4.79 Å². The molecule has 0 bridgehead atoms. The fourth-order valence-electron chi connectivity index (χ4n) is 5.95. The van der Waals surface area contributed by atoms with E-state index in [-0.39, 0.29) is 18.1 Å². The molecule has 190 valence electrons. The minimum Gasteiger partial charge on any atom is -0.368 e. The van der Waals surface area contributed by atoms with Crippen molar-refractivity contribution in [3.05, 3.63) is 96.2 Å². The largest absolute Gasteiger partial charge is 0.368 e. The average Bonchev–Trinajstić information content (AvgIpc) is 3.43. The summed E-state index contributed by atoms with van der Waals surface area (Å²) in [6.45, 7) is 6.92. The fraction of sp³-hybridized carbons (Fsp3) is 0.323. The van der Waals surface area contributed by atoms with Gasteiger partial charge in [-0.1, -0.05) is 54.6 Å². The number of fused-ring (bicyclic) bond motifs is 2. The molecule has 2 aliphatic heterocycles. The van der Waals surface area contributed by atoms with E-state index in [2.05, 4.69) is 81.6 Å². The van der Waals surface area contributed by atoms with E-state index in [1.165, 1.54) is 22.2 Å². The van der Waals surface area contributed by atoms with Gasteiger partial charge in [-0.15, -0.1) is 0 Å². The van der Waals surface area contributed by atoms with Gasteiger partial charge < -0.3 is 15.2 Å². The van der Waals surface area contributed by atoms with Gasteiger partial charge >= 0.3 is 6.03 Å². The summed E-state index contributed by atoms with van der Waals surface area (Å²) in [5.41, 5.74) is 5.92. The predicted molar refractivity (Wildman–Crippen MR) is 151 cm³/mol. The first kappa shape index (κ1) is 23.6. The number of carbonyl (C=O) groups excluding carboxylic acids is 1. The van der Waals surface area contributed by atoms with Crippen LogP contribution in [0.15, 0.2) is 85.1 Å². The number of H-pyrrole nitrogens is 1. The van der Waals surface area contributed by atoms with Gasteiger partial charge in [0.15, 0.2) is 0 Å². The number of aromatic amines is 1. The van der Waals surface area contributed by atoms with E-state index >= 15 is 0 Å². The molecule has 1 unspecified atom stereocenters. The van der Waals surface area contributed by atoms with Gasteiger partial charge in [-0.3, -0.25) is 9.80 Å². The quantitative estimate of drug-likeness (QED) is 0.382. The van der Waals surface area contributed by atoms with Crippen LogP contribution in [0.2, 0.25) is 0 Å². The van der Waals surface area contributed by atoms with E-state index < -0.39 is 0 Å². The Labute approximate surface area is 218 Å². The normalized spacial score (nSPS) is 19.0. The van der Waals surface area contributed by atoms with E-state index in [1.54, 1.807) is 0 Å². The van der Waals surface area contributed by atoms with Crippen LogP contribution in [-0.2, 0) is 6.42 Å². The summed E-state index contributed by atoms with van der Waals surface area (Å²) in [4.78, 5) is 24.1. The third-order valence-electron chi connectivity index (χ3n) is 7.98. The summed E-state index contributed by atoms with van der Waals surface area (Å²) < 4.78 is 0. The molecule has 6 rings (SSSR count). The average molecular weight is 494 g/mol. The second-order valence-electron chi connectivity index (χ2n) is 10.3. The first-order valence-electron chi connectivity index (χ1n) is 13.4. The molecule has 0 saturated carbocycles. The van der Waals surface area contributed by atoms with Crippen molar-refractivity contribution in [1.82, 2.24) is 15.2 Å². The Hall–Kier alpha value is -3.77. The minimum absolute atomic E-state index is 0.00808. The van der Waals surface area contributed by atoms with Crippen molar-refractivity contribution in [2.75, 3.05) is 42.5 Å². The van der Waals surface area contributed by atoms with Crippen LogP contribution in [0.1, 0.15) is 30.5 Å². The van der Waals surface area contributed by atoms with Crippen LogP contribution in [0, 0.1) is 0 Å². The van der Waals surface area contributed by atoms with Crippen LogP contribution >= 0.6 is 0 Å². The fourth-order valence-corrected chi connectivity index (χ4v) is 5.95. The van der Waals surface area contributed by atoms with Crippen molar-refractivity contribution in [2.45, 2.75) is 31.8 Å². The number of aromatic nitrogens is 1. The maximum Gasteiger partial charge on any atom is 0.322 e. The van der Waals surface area contributed by atoms with Gasteiger partial charge in [0.1, 0.15) is 0 Å². The molecular weight excluding hydrogens is 458 g/mol. The summed E-state index contributed by atoms with van der Waals surface area (Å²) in [5.74, 6) is 0. The number of nitrogens with zero attached hydrogens (tertiary/aromatic N) is 3. The number of nitrogens with one attached hydrogen (secondary N) is 2. The first-order valence-corrected chi connectivity index (χ1v) is 13.4. The van der Waals surface area contributed by atoms with Crippen molar-refractivity contribution in [1.29, 1.82) is 0 Å². The van der Waals surface area contributed by atoms with Crippen molar-refractivity contribution < 1.29 is 4.79 Å². The number of urea groups is 1. The number of carbonyl (C=O) groups is 1. The smallest absolute Gasteiger partial charge is 0.322 e. The zero-order valence-electron chi connectivity index (χ0n) is 21.4. The molecule has 1 aromatic heterocycles. The molecule has 6 nitrogen and oxygen atoms in total. The third-order valence-corrected chi connectivity index (χ3v) is 7.98. The molecule has 2 aliphatic rings. The van der Waals surface area contributed by atoms with Crippen molar-refractivity contribution in [2.24, 2.45) is 0 Å². The molecule has 2 atom stereocenters.